The van der Waals surface area contributed by atoms with Gasteiger partial charge in [-0.2, -0.15) is 0 Å². The molecule has 0 saturated carbocycles. The van der Waals surface area contributed by atoms with Crippen LogP contribution in [0.5, 0.6) is 0 Å². The van der Waals surface area contributed by atoms with E-state index in [-0.39, 0.29) is 24.0 Å². The van der Waals surface area contributed by atoms with Gasteiger partial charge in [0.05, 0.1) is 13.2 Å². The van der Waals surface area contributed by atoms with Gasteiger partial charge in [-0.3, -0.25) is 9.89 Å². The lowest BCUT2D eigenvalue weighted by Gasteiger charge is -2.36. The minimum atomic E-state index is 0. The molecule has 0 aliphatic carbocycles. The lowest BCUT2D eigenvalue weighted by molar-refractivity contribution is 0.122. The first kappa shape index (κ1) is 23.8. The molecule has 2 aromatic carbocycles. The first-order valence-corrected chi connectivity index (χ1v) is 11.0. The summed E-state index contributed by atoms with van der Waals surface area (Å²) in [6, 6.07) is 19.4. The molecule has 31 heavy (non-hydrogen) atoms. The van der Waals surface area contributed by atoms with E-state index in [1.165, 1.54) is 16.8 Å². The minimum Gasteiger partial charge on any atom is -0.378 e. The molecule has 0 amide bonds. The molecule has 7 heteroatoms. The SMILES string of the molecule is CN=C(NCc1ccccc1N1CCOCC1)N1CCN(Cc2ccccc2)CC1.I. The Morgan fingerprint density at radius 2 is 1.58 bits per heavy atom. The zero-order valence-electron chi connectivity index (χ0n) is 18.4. The van der Waals surface area contributed by atoms with Crippen molar-refractivity contribution in [1.29, 1.82) is 0 Å². The maximum absolute atomic E-state index is 5.52. The molecule has 6 nitrogen and oxygen atoms in total. The van der Waals surface area contributed by atoms with Crippen molar-refractivity contribution in [2.75, 3.05) is 64.4 Å². The van der Waals surface area contributed by atoms with Gasteiger partial charge in [0, 0.05) is 65.1 Å². The highest BCUT2D eigenvalue weighted by Crippen LogP contribution is 2.21. The molecule has 0 bridgehead atoms. The summed E-state index contributed by atoms with van der Waals surface area (Å²) < 4.78 is 5.52. The quantitative estimate of drug-likeness (QED) is 0.363. The number of guanidine groups is 1. The van der Waals surface area contributed by atoms with E-state index in [9.17, 15) is 0 Å². The first-order chi connectivity index (χ1) is 14.8. The third kappa shape index (κ3) is 6.57. The number of nitrogens with one attached hydrogen (secondary N) is 1. The molecule has 168 valence electrons. The summed E-state index contributed by atoms with van der Waals surface area (Å²) >= 11 is 0. The summed E-state index contributed by atoms with van der Waals surface area (Å²) in [5.41, 5.74) is 3.99. The Morgan fingerprint density at radius 1 is 0.903 bits per heavy atom. The molecule has 0 aromatic heterocycles. The molecule has 4 rings (SSSR count). The van der Waals surface area contributed by atoms with Crippen LogP contribution in [0.3, 0.4) is 0 Å². The van der Waals surface area contributed by atoms with Gasteiger partial charge in [0.2, 0.25) is 0 Å². The topological polar surface area (TPSA) is 43.3 Å². The minimum absolute atomic E-state index is 0. The van der Waals surface area contributed by atoms with Crippen LogP contribution in [-0.4, -0.2) is 75.3 Å². The van der Waals surface area contributed by atoms with Crippen molar-refractivity contribution in [3.63, 3.8) is 0 Å². The van der Waals surface area contributed by atoms with Gasteiger partial charge >= 0.3 is 0 Å². The Kier molecular flexibility index (Phi) is 9.42. The third-order valence-electron chi connectivity index (χ3n) is 5.91. The zero-order chi connectivity index (χ0) is 20.6. The Balaban J connectivity index is 0.00000272. The summed E-state index contributed by atoms with van der Waals surface area (Å²) in [5.74, 6) is 0.992. The van der Waals surface area contributed by atoms with Crippen LogP contribution in [0.2, 0.25) is 0 Å². The smallest absolute Gasteiger partial charge is 0.194 e. The Bertz CT molecular complexity index is 818. The molecule has 2 aromatic rings. The first-order valence-electron chi connectivity index (χ1n) is 11.0. The number of benzene rings is 2. The summed E-state index contributed by atoms with van der Waals surface area (Å²) in [4.78, 5) is 11.9. The number of hydrogen-bond acceptors (Lipinski definition) is 4. The number of ether oxygens (including phenoxy) is 1. The highest BCUT2D eigenvalue weighted by atomic mass is 127. The second-order valence-corrected chi connectivity index (χ2v) is 7.88. The molecule has 2 fully saturated rings. The Labute approximate surface area is 203 Å². The molecule has 1 N–H and O–H groups in total. The molecule has 0 spiro atoms. The number of nitrogens with zero attached hydrogens (tertiary/aromatic N) is 4. The van der Waals surface area contributed by atoms with Crippen LogP contribution in [0.15, 0.2) is 59.6 Å². The van der Waals surface area contributed by atoms with Gasteiger partial charge in [0.25, 0.3) is 0 Å². The van der Waals surface area contributed by atoms with Gasteiger partial charge in [-0.25, -0.2) is 0 Å². The Hall–Kier alpha value is -1.84. The van der Waals surface area contributed by atoms with Crippen LogP contribution in [0.1, 0.15) is 11.1 Å². The number of aliphatic imine (C=N–C) groups is 1. The average molecular weight is 535 g/mol. The molecular weight excluding hydrogens is 501 g/mol. The van der Waals surface area contributed by atoms with E-state index in [0.717, 1.165) is 71.5 Å². The van der Waals surface area contributed by atoms with Crippen LogP contribution in [0.25, 0.3) is 0 Å². The van der Waals surface area contributed by atoms with E-state index in [2.05, 4.69) is 79.6 Å². The maximum Gasteiger partial charge on any atom is 0.194 e. The van der Waals surface area contributed by atoms with Crippen molar-refractivity contribution in [3.8, 4) is 0 Å². The van der Waals surface area contributed by atoms with E-state index in [0.29, 0.717) is 0 Å². The van der Waals surface area contributed by atoms with Crippen molar-refractivity contribution >= 4 is 35.6 Å². The van der Waals surface area contributed by atoms with Crippen molar-refractivity contribution in [2.24, 2.45) is 4.99 Å². The van der Waals surface area contributed by atoms with Gasteiger partial charge in [-0.15, -0.1) is 24.0 Å². The van der Waals surface area contributed by atoms with Crippen molar-refractivity contribution in [1.82, 2.24) is 15.1 Å². The largest absolute Gasteiger partial charge is 0.378 e. The van der Waals surface area contributed by atoms with Crippen LogP contribution in [0, 0.1) is 0 Å². The number of para-hydroxylation sites is 1. The number of anilines is 1. The number of piperazine rings is 1. The average Bonchev–Trinajstić information content (AvgIpc) is 2.82. The summed E-state index contributed by atoms with van der Waals surface area (Å²) in [5, 5.41) is 3.60. The lowest BCUT2D eigenvalue weighted by Crippen LogP contribution is -2.52. The van der Waals surface area contributed by atoms with Gasteiger partial charge < -0.3 is 19.9 Å². The summed E-state index contributed by atoms with van der Waals surface area (Å²) in [6.45, 7) is 9.42. The highest BCUT2D eigenvalue weighted by Gasteiger charge is 2.20. The summed E-state index contributed by atoms with van der Waals surface area (Å²) in [6.07, 6.45) is 0. The number of rotatable bonds is 5. The molecule has 0 atom stereocenters. The van der Waals surface area contributed by atoms with E-state index in [4.69, 9.17) is 4.74 Å². The third-order valence-corrected chi connectivity index (χ3v) is 5.91. The van der Waals surface area contributed by atoms with E-state index < -0.39 is 0 Å². The molecule has 0 radical (unpaired) electrons. The van der Waals surface area contributed by atoms with Crippen molar-refractivity contribution in [2.45, 2.75) is 13.1 Å². The van der Waals surface area contributed by atoms with E-state index in [1.54, 1.807) is 0 Å². The maximum atomic E-state index is 5.52. The van der Waals surface area contributed by atoms with Crippen molar-refractivity contribution < 1.29 is 4.74 Å². The molecule has 2 aliphatic heterocycles. The number of hydrogen-bond donors (Lipinski definition) is 1. The number of morpholine rings is 1. The fourth-order valence-electron chi connectivity index (χ4n) is 4.24. The molecule has 2 heterocycles. The fraction of sp³-hybridized carbons (Fsp3) is 0.458. The van der Waals surface area contributed by atoms with E-state index in [1.807, 2.05) is 7.05 Å². The van der Waals surface area contributed by atoms with E-state index >= 15 is 0 Å². The summed E-state index contributed by atoms with van der Waals surface area (Å²) in [7, 11) is 1.88. The van der Waals surface area contributed by atoms with Gasteiger partial charge in [0.1, 0.15) is 0 Å². The molecule has 0 unspecified atom stereocenters. The van der Waals surface area contributed by atoms with Gasteiger partial charge in [-0.05, 0) is 17.2 Å². The zero-order valence-corrected chi connectivity index (χ0v) is 20.7. The molecular formula is C24H34IN5O. The predicted octanol–water partition coefficient (Wildman–Crippen LogP) is 3.03. The monoisotopic (exact) mass is 535 g/mol. The molecule has 2 aliphatic rings. The van der Waals surface area contributed by atoms with Crippen molar-refractivity contribution in [3.05, 3.63) is 65.7 Å². The standard InChI is InChI=1S/C24H33N5O.HI/c1-25-24(29-13-11-27(12-14-29)20-21-7-3-2-4-8-21)26-19-22-9-5-6-10-23(22)28-15-17-30-18-16-28;/h2-10H,11-20H2,1H3,(H,25,26);1H. The predicted molar refractivity (Wildman–Crippen MR) is 138 cm³/mol. The Morgan fingerprint density at radius 3 is 2.29 bits per heavy atom. The second-order valence-electron chi connectivity index (χ2n) is 7.88. The number of halogens is 1. The lowest BCUT2D eigenvalue weighted by atomic mass is 10.1. The fourth-order valence-corrected chi connectivity index (χ4v) is 4.24. The molecule has 2 saturated heterocycles. The van der Waals surface area contributed by atoms with Gasteiger partial charge in [-0.1, -0.05) is 48.5 Å². The van der Waals surface area contributed by atoms with Crippen LogP contribution in [-0.2, 0) is 17.8 Å². The van der Waals surface area contributed by atoms with Crippen LogP contribution in [0.4, 0.5) is 5.69 Å². The van der Waals surface area contributed by atoms with Gasteiger partial charge in [0.15, 0.2) is 5.96 Å². The normalized spacial score (nSPS) is 17.9. The van der Waals surface area contributed by atoms with Crippen LogP contribution >= 0.6 is 24.0 Å². The van der Waals surface area contributed by atoms with Crippen LogP contribution < -0.4 is 10.2 Å². The highest BCUT2D eigenvalue weighted by molar-refractivity contribution is 14.0. The second kappa shape index (κ2) is 12.3.